The molecule has 0 saturated heterocycles. The molecule has 3 N–H and O–H groups in total. The van der Waals surface area contributed by atoms with Gasteiger partial charge in [0.15, 0.2) is 0 Å². The molecule has 4 aromatic carbocycles. The van der Waals surface area contributed by atoms with Gasteiger partial charge in [-0.3, -0.25) is 14.1 Å². The Hall–Kier alpha value is -4.93. The molecule has 0 aliphatic heterocycles. The van der Waals surface area contributed by atoms with Crippen molar-refractivity contribution in [2.75, 3.05) is 29.6 Å². The molecule has 1 heterocycles. The van der Waals surface area contributed by atoms with Gasteiger partial charge in [-0.15, -0.1) is 0 Å². The summed E-state index contributed by atoms with van der Waals surface area (Å²) in [5.41, 5.74) is 5.21. The molecule has 1 unspecified atom stereocenters. The van der Waals surface area contributed by atoms with Gasteiger partial charge < -0.3 is 20.0 Å². The normalized spacial score (nSPS) is 12.5. The van der Waals surface area contributed by atoms with Gasteiger partial charge in [-0.2, -0.15) is 8.42 Å². The SMILES string of the molecule is CN(c1ccc(C(=O)NCCS(=O)(=O)O)cc1)C(C(=O)Nc1ccc(-c2cc3ccccc3o2)cc1)c1ccc(C(C)(C)C)cc1. The van der Waals surface area contributed by atoms with Gasteiger partial charge in [-0.25, -0.2) is 0 Å². The lowest BCUT2D eigenvalue weighted by atomic mass is 9.86. The summed E-state index contributed by atoms with van der Waals surface area (Å²) in [4.78, 5) is 28.3. The standard InChI is InChI=1S/C36H37N3O6S/c1-36(2,3)28-15-9-25(10-16-28)33(39(4)30-19-13-26(14-20-30)34(40)37-21-22-46(42,43)44)35(41)38-29-17-11-24(12-18-29)32-23-27-7-5-6-8-31(27)45-32/h5-20,23,33H,21-22H2,1-4H3,(H,37,40)(H,38,41)(H,42,43,44). The Morgan fingerprint density at radius 1 is 0.891 bits per heavy atom. The number of para-hydroxylation sites is 1. The number of hydrogen-bond acceptors (Lipinski definition) is 6. The van der Waals surface area contributed by atoms with Crippen LogP contribution in [-0.2, 0) is 20.3 Å². The van der Waals surface area contributed by atoms with Gasteiger partial charge in [0.25, 0.3) is 21.9 Å². The number of benzene rings is 4. The Bertz CT molecular complexity index is 1910. The summed E-state index contributed by atoms with van der Waals surface area (Å²) in [5, 5.41) is 6.55. The fraction of sp³-hybridized carbons (Fsp3) is 0.222. The highest BCUT2D eigenvalue weighted by Gasteiger charge is 2.27. The van der Waals surface area contributed by atoms with Crippen LogP contribution in [0.3, 0.4) is 0 Å². The third-order valence-electron chi connectivity index (χ3n) is 7.77. The average Bonchev–Trinajstić information content (AvgIpc) is 3.45. The van der Waals surface area contributed by atoms with Crippen molar-refractivity contribution in [3.05, 3.63) is 120 Å². The molecular formula is C36H37N3O6S. The van der Waals surface area contributed by atoms with Crippen LogP contribution in [0.5, 0.6) is 0 Å². The van der Waals surface area contributed by atoms with Crippen molar-refractivity contribution in [2.24, 2.45) is 0 Å². The maximum atomic E-state index is 14.0. The monoisotopic (exact) mass is 639 g/mol. The number of hydrogen-bond donors (Lipinski definition) is 3. The minimum absolute atomic E-state index is 0.0540. The molecule has 0 saturated carbocycles. The van der Waals surface area contributed by atoms with Crippen LogP contribution < -0.4 is 15.5 Å². The number of amides is 2. The smallest absolute Gasteiger partial charge is 0.266 e. The number of carbonyl (C=O) groups excluding carboxylic acids is 2. The largest absolute Gasteiger partial charge is 0.456 e. The zero-order valence-electron chi connectivity index (χ0n) is 26.2. The zero-order chi connectivity index (χ0) is 33.1. The molecule has 0 spiro atoms. The molecule has 9 nitrogen and oxygen atoms in total. The summed E-state index contributed by atoms with van der Waals surface area (Å²) in [6.07, 6.45) is 0. The third-order valence-corrected chi connectivity index (χ3v) is 8.49. The number of nitrogens with one attached hydrogen (secondary N) is 2. The molecule has 0 aliphatic rings. The highest BCUT2D eigenvalue weighted by Crippen LogP contribution is 2.32. The molecule has 10 heteroatoms. The molecule has 0 bridgehead atoms. The highest BCUT2D eigenvalue weighted by molar-refractivity contribution is 7.85. The van der Waals surface area contributed by atoms with Crippen molar-refractivity contribution in [3.63, 3.8) is 0 Å². The summed E-state index contributed by atoms with van der Waals surface area (Å²) < 4.78 is 36.8. The molecule has 238 valence electrons. The lowest BCUT2D eigenvalue weighted by Crippen LogP contribution is -2.35. The lowest BCUT2D eigenvalue weighted by molar-refractivity contribution is -0.117. The number of nitrogens with zero attached hydrogens (tertiary/aromatic N) is 1. The van der Waals surface area contributed by atoms with Crippen molar-refractivity contribution < 1.29 is 27.0 Å². The van der Waals surface area contributed by atoms with Crippen molar-refractivity contribution in [3.8, 4) is 11.3 Å². The molecule has 0 fully saturated rings. The summed E-state index contributed by atoms with van der Waals surface area (Å²) in [7, 11) is -2.37. The number of furan rings is 1. The van der Waals surface area contributed by atoms with Crippen molar-refractivity contribution >= 4 is 44.3 Å². The van der Waals surface area contributed by atoms with E-state index in [1.807, 2.05) is 90.8 Å². The molecule has 5 aromatic rings. The summed E-state index contributed by atoms with van der Waals surface area (Å²) in [6, 6.07) is 31.2. The van der Waals surface area contributed by atoms with E-state index in [1.165, 1.54) is 0 Å². The van der Waals surface area contributed by atoms with Crippen LogP contribution >= 0.6 is 0 Å². The van der Waals surface area contributed by atoms with Gasteiger partial charge in [0.1, 0.15) is 17.4 Å². The van der Waals surface area contributed by atoms with E-state index >= 15 is 0 Å². The summed E-state index contributed by atoms with van der Waals surface area (Å²) in [5.74, 6) is -0.552. The van der Waals surface area contributed by atoms with Crippen LogP contribution in [0.25, 0.3) is 22.3 Å². The van der Waals surface area contributed by atoms with E-state index in [4.69, 9.17) is 8.97 Å². The molecule has 1 atom stereocenters. The summed E-state index contributed by atoms with van der Waals surface area (Å²) >= 11 is 0. The van der Waals surface area contributed by atoms with Crippen LogP contribution in [0.4, 0.5) is 11.4 Å². The van der Waals surface area contributed by atoms with Crippen LogP contribution in [-0.4, -0.2) is 44.1 Å². The van der Waals surface area contributed by atoms with E-state index in [0.29, 0.717) is 16.9 Å². The van der Waals surface area contributed by atoms with Crippen LogP contribution in [0.15, 0.2) is 108 Å². The molecule has 0 radical (unpaired) electrons. The average molecular weight is 640 g/mol. The highest BCUT2D eigenvalue weighted by atomic mass is 32.2. The minimum atomic E-state index is -4.18. The summed E-state index contributed by atoms with van der Waals surface area (Å²) in [6.45, 7) is 6.18. The Balaban J connectivity index is 1.37. The van der Waals surface area contributed by atoms with Gasteiger partial charge in [-0.05, 0) is 77.2 Å². The quantitative estimate of drug-likeness (QED) is 0.143. The van der Waals surface area contributed by atoms with Gasteiger partial charge in [-0.1, -0.05) is 63.2 Å². The van der Waals surface area contributed by atoms with Crippen molar-refractivity contribution in [1.82, 2.24) is 5.32 Å². The van der Waals surface area contributed by atoms with Gasteiger partial charge >= 0.3 is 0 Å². The van der Waals surface area contributed by atoms with Crippen LogP contribution in [0.2, 0.25) is 0 Å². The topological polar surface area (TPSA) is 129 Å². The van der Waals surface area contributed by atoms with Gasteiger partial charge in [0.05, 0.1) is 5.75 Å². The maximum Gasteiger partial charge on any atom is 0.266 e. The Labute approximate surface area is 269 Å². The lowest BCUT2D eigenvalue weighted by Gasteiger charge is -2.30. The first-order chi connectivity index (χ1) is 21.8. The van der Waals surface area contributed by atoms with Gasteiger partial charge in [0.2, 0.25) is 0 Å². The molecule has 1 aromatic heterocycles. The first kappa shape index (κ1) is 32.5. The first-order valence-corrected chi connectivity index (χ1v) is 16.5. The number of carbonyl (C=O) groups is 2. The number of likely N-dealkylation sites (N-methyl/N-ethyl adjacent to an activating group) is 1. The number of rotatable bonds is 10. The van der Waals surface area contributed by atoms with E-state index in [-0.39, 0.29) is 17.9 Å². The van der Waals surface area contributed by atoms with Crippen LogP contribution in [0, 0.1) is 0 Å². The Kier molecular flexibility index (Phi) is 9.32. The van der Waals surface area contributed by atoms with E-state index in [2.05, 4.69) is 31.4 Å². The molecular weight excluding hydrogens is 602 g/mol. The predicted molar refractivity (Wildman–Crippen MR) is 182 cm³/mol. The molecule has 2 amide bonds. The minimum Gasteiger partial charge on any atom is -0.456 e. The van der Waals surface area contributed by atoms with E-state index in [1.54, 1.807) is 24.3 Å². The molecule has 0 aliphatic carbocycles. The first-order valence-electron chi connectivity index (χ1n) is 14.8. The van der Waals surface area contributed by atoms with E-state index in [9.17, 15) is 18.0 Å². The second-order valence-corrected chi connectivity index (χ2v) is 13.8. The van der Waals surface area contributed by atoms with Gasteiger partial charge in [0, 0.05) is 41.5 Å². The fourth-order valence-electron chi connectivity index (χ4n) is 5.16. The number of anilines is 2. The Morgan fingerprint density at radius 2 is 1.54 bits per heavy atom. The predicted octanol–water partition coefficient (Wildman–Crippen LogP) is 6.83. The second kappa shape index (κ2) is 13.2. The van der Waals surface area contributed by atoms with E-state index in [0.717, 1.165) is 33.4 Å². The Morgan fingerprint density at radius 3 is 2.15 bits per heavy atom. The van der Waals surface area contributed by atoms with Crippen molar-refractivity contribution in [2.45, 2.75) is 32.2 Å². The second-order valence-electron chi connectivity index (χ2n) is 12.2. The van der Waals surface area contributed by atoms with E-state index < -0.39 is 27.8 Å². The third kappa shape index (κ3) is 7.82. The maximum absolute atomic E-state index is 14.0. The molecule has 46 heavy (non-hydrogen) atoms. The number of fused-ring (bicyclic) bond motifs is 1. The van der Waals surface area contributed by atoms with Crippen molar-refractivity contribution in [1.29, 1.82) is 0 Å². The zero-order valence-corrected chi connectivity index (χ0v) is 27.0. The fourth-order valence-corrected chi connectivity index (χ4v) is 5.52. The molecule has 5 rings (SSSR count). The van der Waals surface area contributed by atoms with Crippen LogP contribution in [0.1, 0.15) is 48.3 Å².